The Balaban J connectivity index is 1.62. The van der Waals surface area contributed by atoms with Crippen molar-refractivity contribution in [3.05, 3.63) is 66.2 Å². The molecule has 0 aliphatic carbocycles. The topological polar surface area (TPSA) is 58.4 Å². The highest BCUT2D eigenvalue weighted by molar-refractivity contribution is 5.89. The maximum Gasteiger partial charge on any atom is 0.319 e. The summed E-state index contributed by atoms with van der Waals surface area (Å²) in [5.74, 6) is -0.340. The monoisotopic (exact) mass is 284 g/mol. The first-order chi connectivity index (χ1) is 10.2. The molecule has 0 fully saturated rings. The van der Waals surface area contributed by atoms with Crippen molar-refractivity contribution in [2.75, 3.05) is 5.32 Å². The van der Waals surface area contributed by atoms with Gasteiger partial charge in [-0.15, -0.1) is 0 Å². The normalized spacial score (nSPS) is 10.5. The van der Waals surface area contributed by atoms with Crippen LogP contribution in [0.3, 0.4) is 0 Å². The molecule has 0 radical (unpaired) electrons. The lowest BCUT2D eigenvalue weighted by molar-refractivity contribution is 0.252. The second-order valence-electron chi connectivity index (χ2n) is 4.51. The molecule has 3 rings (SSSR count). The van der Waals surface area contributed by atoms with E-state index < -0.39 is 0 Å². The van der Waals surface area contributed by atoms with Gasteiger partial charge in [0.15, 0.2) is 0 Å². The van der Waals surface area contributed by atoms with Gasteiger partial charge in [-0.25, -0.2) is 13.7 Å². The van der Waals surface area contributed by atoms with E-state index in [1.807, 2.05) is 24.4 Å². The summed E-state index contributed by atoms with van der Waals surface area (Å²) in [7, 11) is 0. The Bertz CT molecular complexity index is 767. The molecule has 0 bridgehead atoms. The summed E-state index contributed by atoms with van der Waals surface area (Å²) >= 11 is 0. The lowest BCUT2D eigenvalue weighted by atomic mass is 10.2. The average Bonchev–Trinajstić information content (AvgIpc) is 2.91. The molecule has 0 atom stereocenters. The summed E-state index contributed by atoms with van der Waals surface area (Å²) in [4.78, 5) is 11.8. The van der Waals surface area contributed by atoms with Crippen molar-refractivity contribution in [3.8, 4) is 0 Å². The number of pyridine rings is 1. The number of aromatic nitrogens is 2. The van der Waals surface area contributed by atoms with E-state index in [0.717, 1.165) is 11.1 Å². The minimum absolute atomic E-state index is 0.340. The molecule has 2 heterocycles. The first kappa shape index (κ1) is 13.1. The van der Waals surface area contributed by atoms with Gasteiger partial charge in [-0.05, 0) is 36.4 Å². The van der Waals surface area contributed by atoms with Crippen molar-refractivity contribution >= 4 is 17.2 Å². The number of nitrogens with zero attached hydrogens (tertiary/aromatic N) is 2. The number of hydrogen-bond donors (Lipinski definition) is 2. The predicted molar refractivity (Wildman–Crippen MR) is 77.5 cm³/mol. The van der Waals surface area contributed by atoms with Gasteiger partial charge in [-0.3, -0.25) is 0 Å². The molecule has 2 amide bonds. The van der Waals surface area contributed by atoms with Crippen LogP contribution in [0, 0.1) is 5.82 Å². The molecule has 5 nitrogen and oxygen atoms in total. The van der Waals surface area contributed by atoms with E-state index >= 15 is 0 Å². The number of benzene rings is 1. The van der Waals surface area contributed by atoms with Crippen LogP contribution in [0.5, 0.6) is 0 Å². The lowest BCUT2D eigenvalue weighted by Crippen LogP contribution is -2.28. The highest BCUT2D eigenvalue weighted by atomic mass is 19.1. The number of hydrogen-bond acceptors (Lipinski definition) is 2. The quantitative estimate of drug-likeness (QED) is 0.777. The number of anilines is 1. The maximum absolute atomic E-state index is 12.8. The third kappa shape index (κ3) is 3.00. The second-order valence-corrected chi connectivity index (χ2v) is 4.51. The van der Waals surface area contributed by atoms with Crippen LogP contribution < -0.4 is 10.6 Å². The standard InChI is InChI=1S/C15H13FN4O/c16-12-4-6-13(7-5-12)19-15(21)17-9-11-10-18-20-8-2-1-3-14(11)20/h1-8,10H,9H2,(H2,17,19,21). The van der Waals surface area contributed by atoms with Crippen LogP contribution in [0.4, 0.5) is 14.9 Å². The molecule has 0 unspecified atom stereocenters. The Labute approximate surface area is 120 Å². The third-order valence-corrected chi connectivity index (χ3v) is 3.05. The van der Waals surface area contributed by atoms with Gasteiger partial charge in [0.05, 0.1) is 11.7 Å². The molecule has 2 aromatic heterocycles. The molecular formula is C15H13FN4O. The molecule has 0 spiro atoms. The summed E-state index contributed by atoms with van der Waals surface area (Å²) in [5, 5.41) is 9.57. The molecule has 0 saturated carbocycles. The van der Waals surface area contributed by atoms with Crippen molar-refractivity contribution < 1.29 is 9.18 Å². The molecule has 1 aromatic carbocycles. The second kappa shape index (κ2) is 5.62. The summed E-state index contributed by atoms with van der Waals surface area (Å²) in [6.07, 6.45) is 3.56. The molecule has 2 N–H and O–H groups in total. The van der Waals surface area contributed by atoms with Gasteiger partial charge in [0.25, 0.3) is 0 Å². The van der Waals surface area contributed by atoms with E-state index in [2.05, 4.69) is 15.7 Å². The Hall–Kier alpha value is -2.89. The molecule has 0 saturated heterocycles. The number of halogens is 1. The summed E-state index contributed by atoms with van der Waals surface area (Å²) in [6, 6.07) is 11.0. The van der Waals surface area contributed by atoms with Crippen LogP contribution in [-0.2, 0) is 6.54 Å². The van der Waals surface area contributed by atoms with Crippen LogP contribution in [0.2, 0.25) is 0 Å². The number of rotatable bonds is 3. The van der Waals surface area contributed by atoms with Crippen LogP contribution in [-0.4, -0.2) is 15.6 Å². The Kier molecular flexibility index (Phi) is 3.51. The Morgan fingerprint density at radius 1 is 1.19 bits per heavy atom. The molecule has 6 heteroatoms. The number of urea groups is 1. The van der Waals surface area contributed by atoms with Gasteiger partial charge in [-0.2, -0.15) is 5.10 Å². The first-order valence-corrected chi connectivity index (χ1v) is 6.44. The number of carbonyl (C=O) groups excluding carboxylic acids is 1. The minimum Gasteiger partial charge on any atom is -0.334 e. The van der Waals surface area contributed by atoms with E-state index in [1.54, 1.807) is 10.7 Å². The van der Waals surface area contributed by atoms with E-state index in [9.17, 15) is 9.18 Å². The maximum atomic E-state index is 12.8. The predicted octanol–water partition coefficient (Wildman–Crippen LogP) is 2.80. The Morgan fingerprint density at radius 2 is 2.00 bits per heavy atom. The van der Waals surface area contributed by atoms with Gasteiger partial charge in [0.2, 0.25) is 0 Å². The number of amides is 2. The Morgan fingerprint density at radius 3 is 2.81 bits per heavy atom. The van der Waals surface area contributed by atoms with Gasteiger partial charge < -0.3 is 10.6 Å². The van der Waals surface area contributed by atoms with E-state index in [-0.39, 0.29) is 11.8 Å². The van der Waals surface area contributed by atoms with Gasteiger partial charge >= 0.3 is 6.03 Å². The summed E-state index contributed by atoms with van der Waals surface area (Å²) in [6.45, 7) is 0.362. The van der Waals surface area contributed by atoms with Crippen molar-refractivity contribution in [1.29, 1.82) is 0 Å². The smallest absolute Gasteiger partial charge is 0.319 e. The fourth-order valence-corrected chi connectivity index (χ4v) is 2.01. The number of nitrogens with one attached hydrogen (secondary N) is 2. The fourth-order valence-electron chi connectivity index (χ4n) is 2.01. The van der Waals surface area contributed by atoms with E-state index in [0.29, 0.717) is 12.2 Å². The summed E-state index contributed by atoms with van der Waals surface area (Å²) < 4.78 is 14.5. The molecule has 21 heavy (non-hydrogen) atoms. The SMILES string of the molecule is O=C(NCc1cnn2ccccc12)Nc1ccc(F)cc1. The number of fused-ring (bicyclic) bond motifs is 1. The average molecular weight is 284 g/mol. The zero-order valence-corrected chi connectivity index (χ0v) is 11.1. The molecule has 3 aromatic rings. The van der Waals surface area contributed by atoms with Crippen LogP contribution in [0.15, 0.2) is 54.9 Å². The molecule has 0 aliphatic rings. The summed E-state index contributed by atoms with van der Waals surface area (Å²) in [5.41, 5.74) is 2.40. The van der Waals surface area contributed by atoms with Crippen molar-refractivity contribution in [3.63, 3.8) is 0 Å². The molecule has 0 aliphatic heterocycles. The van der Waals surface area contributed by atoms with Gasteiger partial charge in [0.1, 0.15) is 5.82 Å². The third-order valence-electron chi connectivity index (χ3n) is 3.05. The zero-order valence-electron chi connectivity index (χ0n) is 11.1. The van der Waals surface area contributed by atoms with Gasteiger partial charge in [-0.1, -0.05) is 6.07 Å². The zero-order chi connectivity index (χ0) is 14.7. The van der Waals surface area contributed by atoms with Crippen LogP contribution in [0.1, 0.15) is 5.56 Å². The molecular weight excluding hydrogens is 271 g/mol. The highest BCUT2D eigenvalue weighted by Crippen LogP contribution is 2.10. The van der Waals surface area contributed by atoms with Crippen LogP contribution in [0.25, 0.3) is 5.52 Å². The highest BCUT2D eigenvalue weighted by Gasteiger charge is 2.06. The largest absolute Gasteiger partial charge is 0.334 e. The number of carbonyl (C=O) groups is 1. The van der Waals surface area contributed by atoms with Crippen molar-refractivity contribution in [2.24, 2.45) is 0 Å². The minimum atomic E-state index is -0.350. The van der Waals surface area contributed by atoms with Crippen molar-refractivity contribution in [1.82, 2.24) is 14.9 Å². The van der Waals surface area contributed by atoms with Crippen molar-refractivity contribution in [2.45, 2.75) is 6.54 Å². The van der Waals surface area contributed by atoms with Gasteiger partial charge in [0, 0.05) is 24.0 Å². The van der Waals surface area contributed by atoms with Crippen LogP contribution >= 0.6 is 0 Å². The lowest BCUT2D eigenvalue weighted by Gasteiger charge is -2.07. The van der Waals surface area contributed by atoms with E-state index in [1.165, 1.54) is 24.3 Å². The van der Waals surface area contributed by atoms with E-state index in [4.69, 9.17) is 0 Å². The first-order valence-electron chi connectivity index (χ1n) is 6.44. The fraction of sp³-hybridized carbons (Fsp3) is 0.0667. The molecule has 106 valence electrons.